The van der Waals surface area contributed by atoms with Crippen LogP contribution in [0.2, 0.25) is 0 Å². The van der Waals surface area contributed by atoms with Crippen LogP contribution in [0.15, 0.2) is 42.5 Å². The highest BCUT2D eigenvalue weighted by atomic mass is 19.1. The van der Waals surface area contributed by atoms with E-state index in [2.05, 4.69) is 5.32 Å². The molecule has 22 heavy (non-hydrogen) atoms. The first-order valence-corrected chi connectivity index (χ1v) is 6.21. The SMILES string of the molecule is O=C(Nc1cc(C(=O)O)cc(F)c1O)OCc1ccccc1. The van der Waals surface area contributed by atoms with Crippen LogP contribution in [0.1, 0.15) is 15.9 Å². The van der Waals surface area contributed by atoms with Crippen molar-refractivity contribution in [1.82, 2.24) is 0 Å². The monoisotopic (exact) mass is 305 g/mol. The second-order valence-electron chi connectivity index (χ2n) is 4.35. The quantitative estimate of drug-likeness (QED) is 0.755. The fourth-order valence-corrected chi connectivity index (χ4v) is 1.69. The second-order valence-corrected chi connectivity index (χ2v) is 4.35. The number of carboxylic acid groups (broad SMARTS) is 1. The molecule has 0 bridgehead atoms. The highest BCUT2D eigenvalue weighted by Gasteiger charge is 2.16. The van der Waals surface area contributed by atoms with E-state index in [-0.39, 0.29) is 12.3 Å². The molecule has 7 heteroatoms. The number of benzene rings is 2. The Morgan fingerprint density at radius 2 is 1.86 bits per heavy atom. The van der Waals surface area contributed by atoms with E-state index in [1.165, 1.54) is 0 Å². The zero-order chi connectivity index (χ0) is 16.1. The molecule has 114 valence electrons. The molecule has 0 spiro atoms. The van der Waals surface area contributed by atoms with Crippen molar-refractivity contribution in [2.75, 3.05) is 5.32 Å². The van der Waals surface area contributed by atoms with Gasteiger partial charge in [-0.1, -0.05) is 30.3 Å². The van der Waals surface area contributed by atoms with Gasteiger partial charge >= 0.3 is 12.1 Å². The lowest BCUT2D eigenvalue weighted by molar-refractivity contribution is 0.0696. The van der Waals surface area contributed by atoms with Gasteiger partial charge in [0, 0.05) is 0 Å². The molecule has 0 aliphatic rings. The van der Waals surface area contributed by atoms with Crippen LogP contribution in [-0.4, -0.2) is 22.3 Å². The summed E-state index contributed by atoms with van der Waals surface area (Å²) in [6.45, 7) is -0.0193. The predicted molar refractivity (Wildman–Crippen MR) is 75.3 cm³/mol. The number of halogens is 1. The summed E-state index contributed by atoms with van der Waals surface area (Å²) < 4.78 is 18.3. The number of carbonyl (C=O) groups is 2. The van der Waals surface area contributed by atoms with Crippen LogP contribution in [-0.2, 0) is 11.3 Å². The Bertz CT molecular complexity index is 703. The Kier molecular flexibility index (Phi) is 4.57. The van der Waals surface area contributed by atoms with Gasteiger partial charge in [-0.25, -0.2) is 14.0 Å². The van der Waals surface area contributed by atoms with E-state index >= 15 is 0 Å². The Labute approximate surface area is 124 Å². The summed E-state index contributed by atoms with van der Waals surface area (Å²) in [6.07, 6.45) is -0.943. The molecular weight excluding hydrogens is 293 g/mol. The molecule has 2 rings (SSSR count). The first-order chi connectivity index (χ1) is 10.5. The molecular formula is C15H12FNO5. The fourth-order valence-electron chi connectivity index (χ4n) is 1.69. The van der Waals surface area contributed by atoms with E-state index in [0.29, 0.717) is 6.07 Å². The fraction of sp³-hybridized carbons (Fsp3) is 0.0667. The van der Waals surface area contributed by atoms with Crippen LogP contribution in [0.25, 0.3) is 0 Å². The molecule has 0 aromatic heterocycles. The molecule has 0 radical (unpaired) electrons. The highest BCUT2D eigenvalue weighted by Crippen LogP contribution is 2.28. The van der Waals surface area contributed by atoms with Crippen LogP contribution < -0.4 is 5.32 Å². The van der Waals surface area contributed by atoms with Gasteiger partial charge in [0.1, 0.15) is 6.61 Å². The van der Waals surface area contributed by atoms with Gasteiger partial charge in [0.25, 0.3) is 0 Å². The number of nitrogens with one attached hydrogen (secondary N) is 1. The third-order valence-corrected chi connectivity index (χ3v) is 2.76. The zero-order valence-corrected chi connectivity index (χ0v) is 11.2. The number of carboxylic acids is 1. The lowest BCUT2D eigenvalue weighted by Gasteiger charge is -2.10. The van der Waals surface area contributed by atoms with Gasteiger partial charge in [-0.15, -0.1) is 0 Å². The van der Waals surface area contributed by atoms with Crippen LogP contribution in [0.5, 0.6) is 5.75 Å². The third-order valence-electron chi connectivity index (χ3n) is 2.76. The summed E-state index contributed by atoms with van der Waals surface area (Å²) >= 11 is 0. The van der Waals surface area contributed by atoms with Crippen molar-refractivity contribution in [2.24, 2.45) is 0 Å². The van der Waals surface area contributed by atoms with E-state index in [4.69, 9.17) is 9.84 Å². The largest absolute Gasteiger partial charge is 0.503 e. The normalized spacial score (nSPS) is 10.0. The maximum Gasteiger partial charge on any atom is 0.412 e. The molecule has 0 fully saturated rings. The molecule has 0 aliphatic heterocycles. The Morgan fingerprint density at radius 3 is 2.50 bits per heavy atom. The van der Waals surface area contributed by atoms with Gasteiger partial charge in [0.2, 0.25) is 0 Å². The number of phenolic OH excluding ortho intramolecular Hbond substituents is 1. The maximum absolute atomic E-state index is 13.4. The van der Waals surface area contributed by atoms with Crippen molar-refractivity contribution in [3.63, 3.8) is 0 Å². The molecule has 0 heterocycles. The molecule has 6 nitrogen and oxygen atoms in total. The van der Waals surface area contributed by atoms with E-state index in [1.54, 1.807) is 24.3 Å². The topological polar surface area (TPSA) is 95.9 Å². The van der Waals surface area contributed by atoms with Crippen molar-refractivity contribution >= 4 is 17.7 Å². The van der Waals surface area contributed by atoms with Gasteiger partial charge in [-0.3, -0.25) is 5.32 Å². The number of phenols is 1. The Hall–Kier alpha value is -3.09. The van der Waals surface area contributed by atoms with Crippen LogP contribution in [0.4, 0.5) is 14.9 Å². The summed E-state index contributed by atoms with van der Waals surface area (Å²) in [7, 11) is 0. The first-order valence-electron chi connectivity index (χ1n) is 6.21. The standard InChI is InChI=1S/C15H12FNO5/c16-11-6-10(14(19)20)7-12(13(11)18)17-15(21)22-8-9-4-2-1-3-5-9/h1-7,18H,8H2,(H,17,21)(H,19,20). The summed E-state index contributed by atoms with van der Waals surface area (Å²) in [4.78, 5) is 22.4. The number of rotatable bonds is 4. The number of anilines is 1. The molecule has 0 unspecified atom stereocenters. The number of amides is 1. The smallest absolute Gasteiger partial charge is 0.412 e. The Morgan fingerprint density at radius 1 is 1.18 bits per heavy atom. The lowest BCUT2D eigenvalue weighted by Crippen LogP contribution is -2.14. The van der Waals surface area contributed by atoms with Crippen molar-refractivity contribution in [2.45, 2.75) is 6.61 Å². The average molecular weight is 305 g/mol. The average Bonchev–Trinajstić information content (AvgIpc) is 2.50. The lowest BCUT2D eigenvalue weighted by atomic mass is 10.2. The molecule has 0 aliphatic carbocycles. The van der Waals surface area contributed by atoms with Crippen molar-refractivity contribution in [1.29, 1.82) is 0 Å². The number of hydrogen-bond donors (Lipinski definition) is 3. The van der Waals surface area contributed by atoms with E-state index in [9.17, 15) is 19.1 Å². The van der Waals surface area contributed by atoms with E-state index in [1.807, 2.05) is 6.07 Å². The van der Waals surface area contributed by atoms with Gasteiger partial charge in [-0.05, 0) is 17.7 Å². The summed E-state index contributed by atoms with van der Waals surface area (Å²) in [5.74, 6) is -3.40. The van der Waals surface area contributed by atoms with Crippen molar-refractivity contribution < 1.29 is 28.9 Å². The highest BCUT2D eigenvalue weighted by molar-refractivity contribution is 5.93. The second kappa shape index (κ2) is 6.57. The minimum absolute atomic E-state index is 0.0193. The molecule has 2 aromatic rings. The zero-order valence-electron chi connectivity index (χ0n) is 11.2. The van der Waals surface area contributed by atoms with Crippen molar-refractivity contribution in [3.8, 4) is 5.75 Å². The van der Waals surface area contributed by atoms with Gasteiger partial charge < -0.3 is 14.9 Å². The van der Waals surface area contributed by atoms with Crippen molar-refractivity contribution in [3.05, 3.63) is 59.4 Å². The number of aromatic carboxylic acids is 1. The predicted octanol–water partition coefficient (Wildman–Crippen LogP) is 2.98. The Balaban J connectivity index is 2.06. The van der Waals surface area contributed by atoms with E-state index in [0.717, 1.165) is 11.6 Å². The van der Waals surface area contributed by atoms with Crippen LogP contribution in [0.3, 0.4) is 0 Å². The molecule has 0 saturated carbocycles. The number of aromatic hydroxyl groups is 1. The van der Waals surface area contributed by atoms with Crippen LogP contribution >= 0.6 is 0 Å². The molecule has 2 aromatic carbocycles. The molecule has 1 amide bonds. The van der Waals surface area contributed by atoms with Gasteiger partial charge in [-0.2, -0.15) is 0 Å². The van der Waals surface area contributed by atoms with Gasteiger partial charge in [0.15, 0.2) is 11.6 Å². The summed E-state index contributed by atoms with van der Waals surface area (Å²) in [5, 5.41) is 20.4. The molecule has 0 saturated heterocycles. The van der Waals surface area contributed by atoms with Gasteiger partial charge in [0.05, 0.1) is 11.3 Å². The van der Waals surface area contributed by atoms with Crippen LogP contribution in [0, 0.1) is 5.82 Å². The minimum atomic E-state index is -1.39. The maximum atomic E-state index is 13.4. The first kappa shape index (κ1) is 15.3. The summed E-state index contributed by atoms with van der Waals surface area (Å²) in [5.41, 5.74) is -0.0449. The number of hydrogen-bond acceptors (Lipinski definition) is 4. The molecule has 3 N–H and O–H groups in total. The minimum Gasteiger partial charge on any atom is -0.503 e. The number of carbonyl (C=O) groups excluding carboxylic acids is 1. The summed E-state index contributed by atoms with van der Waals surface area (Å²) in [6, 6.07) is 10.4. The van der Waals surface area contributed by atoms with E-state index < -0.39 is 29.2 Å². The third kappa shape index (κ3) is 3.72. The molecule has 0 atom stereocenters. The number of ether oxygens (including phenoxy) is 1.